The van der Waals surface area contributed by atoms with Crippen molar-refractivity contribution in [1.29, 1.82) is 0 Å². The zero-order valence-corrected chi connectivity index (χ0v) is 43.1. The lowest BCUT2D eigenvalue weighted by Gasteiger charge is -2.71. The summed E-state index contributed by atoms with van der Waals surface area (Å²) in [5, 5.41) is 119. The molecule has 4 saturated carbocycles. The molecule has 72 heavy (non-hydrogen) atoms. The van der Waals surface area contributed by atoms with Gasteiger partial charge >= 0.3 is 5.97 Å². The highest BCUT2D eigenvalue weighted by atomic mass is 16.8. The molecular weight excluding hydrogens is 945 g/mol. The predicted molar refractivity (Wildman–Crippen MR) is 250 cm³/mol. The first-order chi connectivity index (χ1) is 33.7. The van der Waals surface area contributed by atoms with E-state index < -0.39 is 135 Å². The van der Waals surface area contributed by atoms with Gasteiger partial charge in [-0.1, -0.05) is 60.1 Å². The Morgan fingerprint density at radius 2 is 1.29 bits per heavy atom. The van der Waals surface area contributed by atoms with Gasteiger partial charge in [-0.05, 0) is 116 Å². The topological polar surface area (TPSA) is 313 Å². The minimum atomic E-state index is -1.87. The second-order valence-corrected chi connectivity index (χ2v) is 25.4. The fraction of sp³-hybridized carbons (Fsp3) is 0.942. The number of hydrogen-bond donors (Lipinski definition) is 11. The molecule has 26 atom stereocenters. The summed E-state index contributed by atoms with van der Waals surface area (Å²) in [6.45, 7) is 16.4. The summed E-state index contributed by atoms with van der Waals surface area (Å²) in [6.07, 6.45) is -17.5. The van der Waals surface area contributed by atoms with E-state index >= 15 is 0 Å². The average Bonchev–Trinajstić information content (AvgIpc) is 3.31. The summed E-state index contributed by atoms with van der Waals surface area (Å²) < 4.78 is 47.5. The number of aliphatic hydroxyl groups excluding tert-OH is 10. The number of aliphatic hydroxyl groups is 10. The average molecular weight is 1030 g/mol. The van der Waals surface area contributed by atoms with E-state index in [0.29, 0.717) is 18.8 Å². The second kappa shape index (κ2) is 19.7. The Morgan fingerprint density at radius 1 is 0.639 bits per heavy atom. The summed E-state index contributed by atoms with van der Waals surface area (Å²) in [5.74, 6) is 0.0165. The van der Waals surface area contributed by atoms with Crippen LogP contribution in [0.15, 0.2) is 11.6 Å². The molecular formula is C52H84O20. The number of fused-ring (bicyclic) bond motifs is 7. The van der Waals surface area contributed by atoms with Gasteiger partial charge < -0.3 is 94.1 Å². The molecule has 0 aromatic carbocycles. The fourth-order valence-corrected chi connectivity index (χ4v) is 16.0. The number of ether oxygens (including phenoxy) is 8. The first-order valence-electron chi connectivity index (χ1n) is 26.5. The third-order valence-electron chi connectivity index (χ3n) is 20.7. The van der Waals surface area contributed by atoms with Crippen molar-refractivity contribution in [2.45, 2.75) is 236 Å². The van der Waals surface area contributed by atoms with Gasteiger partial charge in [0, 0.05) is 0 Å². The van der Waals surface area contributed by atoms with Crippen molar-refractivity contribution < 1.29 is 98.9 Å². The van der Waals surface area contributed by atoms with E-state index in [2.05, 4.69) is 54.5 Å². The van der Waals surface area contributed by atoms with Gasteiger partial charge in [0.25, 0.3) is 0 Å². The number of rotatable bonds is 10. The zero-order valence-electron chi connectivity index (χ0n) is 43.1. The lowest BCUT2D eigenvalue weighted by atomic mass is 9.33. The van der Waals surface area contributed by atoms with Gasteiger partial charge in [-0.15, -0.1) is 0 Å². The van der Waals surface area contributed by atoms with Crippen molar-refractivity contribution in [3.8, 4) is 0 Å². The van der Waals surface area contributed by atoms with Crippen molar-refractivity contribution >= 4 is 5.97 Å². The molecule has 11 N–H and O–H groups in total. The summed E-state index contributed by atoms with van der Waals surface area (Å²) in [6, 6.07) is 0. The van der Waals surface area contributed by atoms with E-state index in [4.69, 9.17) is 37.9 Å². The van der Waals surface area contributed by atoms with Gasteiger partial charge in [0.2, 0.25) is 0 Å². The monoisotopic (exact) mass is 1030 g/mol. The van der Waals surface area contributed by atoms with Gasteiger partial charge in [-0.3, -0.25) is 4.79 Å². The molecule has 3 unspecified atom stereocenters. The van der Waals surface area contributed by atoms with Crippen LogP contribution in [-0.4, -0.2) is 199 Å². The predicted octanol–water partition coefficient (Wildman–Crippen LogP) is 0.836. The van der Waals surface area contributed by atoms with Crippen LogP contribution in [0.5, 0.6) is 0 Å². The normalized spacial score (nSPS) is 54.3. The van der Waals surface area contributed by atoms with Gasteiger partial charge in [-0.2, -0.15) is 0 Å². The second-order valence-electron chi connectivity index (χ2n) is 25.4. The standard InChI is InChI=1S/C52H84O20/c1-23-32(55)36(59)41(72-43-39(62)40(26(54)21-65-43)71-44-38(61)35(58)33(56)27(20-53)68-44)45(67-23)69-28-22-66-42(37(60)34(28)57)70-31-12-13-49(6)29(48(31,4)5)11-14-51(8)30(49)10-9-24-25-19-47(2,3)15-17-52(25,46(63)64)18-16-50(24,51)7/h9,23,25-45,53-62H,10-22H2,1-8H3,(H,63,64)/t23-,25+,26-,27-,28-,29?,30?,31+,32-,33-,34-,35-,36-,37-,38-,39-,40-,41-,42+,43+,44+,45+,49+,50?,51-,52+/m1/s1. The maximum atomic E-state index is 13.1. The molecule has 0 aromatic heterocycles. The third-order valence-corrected chi connectivity index (χ3v) is 20.7. The zero-order chi connectivity index (χ0) is 52.4. The van der Waals surface area contributed by atoms with Crippen LogP contribution in [0.1, 0.15) is 120 Å². The van der Waals surface area contributed by atoms with E-state index in [1.54, 1.807) is 0 Å². The summed E-state index contributed by atoms with van der Waals surface area (Å²) in [7, 11) is 0. The van der Waals surface area contributed by atoms with Gasteiger partial charge in [0.05, 0.1) is 37.4 Å². The molecule has 0 aromatic rings. The quantitative estimate of drug-likeness (QED) is 0.107. The molecule has 9 rings (SSSR count). The number of hydrogen-bond acceptors (Lipinski definition) is 19. The molecule has 20 heteroatoms. The molecule has 4 heterocycles. The van der Waals surface area contributed by atoms with Crippen LogP contribution >= 0.6 is 0 Å². The molecule has 0 bridgehead atoms. The number of carboxylic acid groups (broad SMARTS) is 1. The number of carbonyl (C=O) groups is 1. The van der Waals surface area contributed by atoms with Crippen LogP contribution in [0.2, 0.25) is 0 Å². The van der Waals surface area contributed by atoms with E-state index in [9.17, 15) is 61.0 Å². The van der Waals surface area contributed by atoms with Crippen molar-refractivity contribution in [2.24, 2.45) is 50.2 Å². The van der Waals surface area contributed by atoms with E-state index in [0.717, 1.165) is 51.4 Å². The molecule has 8 fully saturated rings. The molecule has 20 nitrogen and oxygen atoms in total. The highest BCUT2D eigenvalue weighted by Crippen LogP contribution is 2.76. The maximum absolute atomic E-state index is 13.1. The summed E-state index contributed by atoms with van der Waals surface area (Å²) >= 11 is 0. The van der Waals surface area contributed by atoms with Crippen molar-refractivity contribution in [3.05, 3.63) is 11.6 Å². The summed E-state index contributed by atoms with van der Waals surface area (Å²) in [5.41, 5.74) is 0.201. The Morgan fingerprint density at radius 3 is 1.99 bits per heavy atom. The molecule has 4 saturated heterocycles. The van der Waals surface area contributed by atoms with E-state index in [1.165, 1.54) is 12.5 Å². The van der Waals surface area contributed by atoms with Crippen molar-refractivity contribution in [2.75, 3.05) is 19.8 Å². The fourth-order valence-electron chi connectivity index (χ4n) is 16.0. The van der Waals surface area contributed by atoms with Crippen molar-refractivity contribution in [3.63, 3.8) is 0 Å². The van der Waals surface area contributed by atoms with E-state index in [-0.39, 0.29) is 51.6 Å². The molecule has 5 aliphatic carbocycles. The van der Waals surface area contributed by atoms with Crippen LogP contribution in [-0.2, 0) is 42.7 Å². The minimum Gasteiger partial charge on any atom is -0.481 e. The molecule has 4 aliphatic heterocycles. The van der Waals surface area contributed by atoms with Crippen LogP contribution in [0.3, 0.4) is 0 Å². The molecule has 0 amide bonds. The molecule has 412 valence electrons. The van der Waals surface area contributed by atoms with Crippen LogP contribution in [0.4, 0.5) is 0 Å². The van der Waals surface area contributed by atoms with Gasteiger partial charge in [-0.25, -0.2) is 0 Å². The Hall–Kier alpha value is -1.51. The van der Waals surface area contributed by atoms with Crippen LogP contribution < -0.4 is 0 Å². The molecule has 9 aliphatic rings. The summed E-state index contributed by atoms with van der Waals surface area (Å²) in [4.78, 5) is 13.1. The highest BCUT2D eigenvalue weighted by Gasteiger charge is 2.70. The first-order valence-corrected chi connectivity index (χ1v) is 26.5. The third kappa shape index (κ3) is 8.87. The lowest BCUT2D eigenvalue weighted by Crippen LogP contribution is -2.66. The SMILES string of the molecule is C[C@H]1O[C@@H](O[C@@H]2CO[C@@H](O[C@H]3CC[C@@]4(C)C(CC[C@]5(C)C4CC=C4[C@@H]6CC(C)(C)CC[C@]6(C(=O)O)CCC45C)C3(C)C)[C@H](O)[C@@H]2O)[C@H](O[C@@H]2OC[C@@H](O)[C@@H](O[C@@H]3O[C@H](CO)[C@@H](O)[C@@H](O)[C@H]3O)[C@H]2O)[C@H](O)[C@@H]1O. The minimum absolute atomic E-state index is 0.0297. The number of allylic oxidation sites excluding steroid dienone is 2. The van der Waals surface area contributed by atoms with Crippen LogP contribution in [0, 0.1) is 50.2 Å². The van der Waals surface area contributed by atoms with Gasteiger partial charge in [0.1, 0.15) is 79.4 Å². The Labute approximate surface area is 421 Å². The largest absolute Gasteiger partial charge is 0.481 e. The smallest absolute Gasteiger partial charge is 0.310 e. The Balaban J connectivity index is 0.851. The Bertz CT molecular complexity index is 1990. The lowest BCUT2D eigenvalue weighted by molar-refractivity contribution is -0.384. The Kier molecular flexibility index (Phi) is 15.2. The van der Waals surface area contributed by atoms with Gasteiger partial charge in [0.15, 0.2) is 25.2 Å². The highest BCUT2D eigenvalue weighted by molar-refractivity contribution is 5.76. The number of aliphatic carboxylic acids is 1. The van der Waals surface area contributed by atoms with Crippen LogP contribution in [0.25, 0.3) is 0 Å². The molecule has 0 spiro atoms. The molecule has 0 radical (unpaired) electrons. The maximum Gasteiger partial charge on any atom is 0.310 e. The number of carboxylic acids is 1. The van der Waals surface area contributed by atoms with Crippen molar-refractivity contribution in [1.82, 2.24) is 0 Å². The van der Waals surface area contributed by atoms with E-state index in [1.807, 2.05) is 0 Å². The first kappa shape index (κ1) is 55.3.